The van der Waals surface area contributed by atoms with Gasteiger partial charge in [0.15, 0.2) is 0 Å². The summed E-state index contributed by atoms with van der Waals surface area (Å²) in [5, 5.41) is 11.2. The summed E-state index contributed by atoms with van der Waals surface area (Å²) in [6, 6.07) is 14.9. The Labute approximate surface area is 183 Å². The summed E-state index contributed by atoms with van der Waals surface area (Å²) in [6.45, 7) is 3.72. The number of benzene rings is 2. The highest BCUT2D eigenvalue weighted by Gasteiger charge is 2.37. The number of nitrogens with zero attached hydrogens (tertiary/aromatic N) is 3. The monoisotopic (exact) mass is 428 g/mol. The lowest BCUT2D eigenvalue weighted by Gasteiger charge is -2.26. The van der Waals surface area contributed by atoms with E-state index < -0.39 is 23.7 Å². The van der Waals surface area contributed by atoms with E-state index in [-0.39, 0.29) is 11.3 Å². The topological polar surface area (TPSA) is 95.2 Å². The minimum atomic E-state index is -0.896. The summed E-state index contributed by atoms with van der Waals surface area (Å²) in [7, 11) is 0. The van der Waals surface area contributed by atoms with Crippen LogP contribution in [0.2, 0.25) is 0 Å². The average molecular weight is 428 g/mol. The molecule has 32 heavy (non-hydrogen) atoms. The van der Waals surface area contributed by atoms with Gasteiger partial charge in [0.2, 0.25) is 0 Å². The Hall–Kier alpha value is -4.51. The van der Waals surface area contributed by atoms with Crippen LogP contribution in [0.4, 0.5) is 14.9 Å². The van der Waals surface area contributed by atoms with Crippen LogP contribution in [0, 0.1) is 31.0 Å². The molecule has 1 N–H and O–H groups in total. The molecule has 0 unspecified atom stereocenters. The normalized spacial score (nSPS) is 15.1. The molecule has 158 valence electrons. The number of carbonyl (C=O) groups is 3. The highest BCUT2D eigenvalue weighted by atomic mass is 19.1. The second kappa shape index (κ2) is 7.96. The van der Waals surface area contributed by atoms with Gasteiger partial charge < -0.3 is 4.57 Å². The van der Waals surface area contributed by atoms with E-state index in [0.29, 0.717) is 11.1 Å². The van der Waals surface area contributed by atoms with Crippen LogP contribution in [-0.2, 0) is 9.59 Å². The predicted octanol–water partition coefficient (Wildman–Crippen LogP) is 3.77. The Morgan fingerprint density at radius 1 is 0.969 bits per heavy atom. The molecule has 0 atom stereocenters. The van der Waals surface area contributed by atoms with Crippen molar-refractivity contribution in [3.63, 3.8) is 0 Å². The molecule has 0 bridgehead atoms. The van der Waals surface area contributed by atoms with Gasteiger partial charge >= 0.3 is 6.03 Å². The first-order valence-electron chi connectivity index (χ1n) is 9.66. The van der Waals surface area contributed by atoms with Gasteiger partial charge in [-0.05, 0) is 80.1 Å². The molecule has 0 spiro atoms. The molecule has 1 fully saturated rings. The molecule has 2 heterocycles. The third-order valence-corrected chi connectivity index (χ3v) is 5.21. The molecule has 4 amide bonds. The predicted molar refractivity (Wildman–Crippen MR) is 115 cm³/mol. The molecule has 0 aliphatic carbocycles. The van der Waals surface area contributed by atoms with E-state index in [0.717, 1.165) is 34.1 Å². The molecule has 1 aliphatic rings. The number of carbonyl (C=O) groups excluding carboxylic acids is 3. The van der Waals surface area contributed by atoms with Gasteiger partial charge in [0.1, 0.15) is 11.4 Å². The van der Waals surface area contributed by atoms with Crippen molar-refractivity contribution in [2.24, 2.45) is 0 Å². The Kier molecular flexibility index (Phi) is 5.16. The lowest BCUT2D eigenvalue weighted by molar-refractivity contribution is -0.122. The van der Waals surface area contributed by atoms with E-state index >= 15 is 0 Å². The summed E-state index contributed by atoms with van der Waals surface area (Å²) >= 11 is 0. The number of rotatable bonds is 3. The smallest absolute Gasteiger partial charge is 0.318 e. The first kappa shape index (κ1) is 20.8. The van der Waals surface area contributed by atoms with E-state index in [2.05, 4.69) is 11.4 Å². The SMILES string of the molecule is Cc1cc(/C=C2\C(=O)NC(=O)N(c3ccc(F)cc3)C2=O)c(C)n1-c1ccc(C#N)cc1. The number of nitrogens with one attached hydrogen (secondary N) is 1. The number of barbiturate groups is 1. The van der Waals surface area contributed by atoms with E-state index in [1.165, 1.54) is 18.2 Å². The van der Waals surface area contributed by atoms with Gasteiger partial charge in [0.05, 0.1) is 17.3 Å². The number of anilines is 1. The molecule has 8 heteroatoms. The van der Waals surface area contributed by atoms with Crippen LogP contribution >= 0.6 is 0 Å². The van der Waals surface area contributed by atoms with E-state index in [1.54, 1.807) is 12.1 Å². The fourth-order valence-corrected chi connectivity index (χ4v) is 3.65. The van der Waals surface area contributed by atoms with E-state index in [9.17, 15) is 18.8 Å². The molecule has 0 saturated carbocycles. The number of aryl methyl sites for hydroxylation is 1. The van der Waals surface area contributed by atoms with E-state index in [1.807, 2.05) is 36.6 Å². The molecule has 1 aromatic heterocycles. The first-order chi connectivity index (χ1) is 15.3. The van der Waals surface area contributed by atoms with Crippen molar-refractivity contribution in [2.75, 3.05) is 4.90 Å². The van der Waals surface area contributed by atoms with Crippen molar-refractivity contribution in [1.82, 2.24) is 9.88 Å². The van der Waals surface area contributed by atoms with Gasteiger partial charge in [-0.1, -0.05) is 0 Å². The number of nitriles is 1. The van der Waals surface area contributed by atoms with Crippen molar-refractivity contribution in [1.29, 1.82) is 5.26 Å². The maximum Gasteiger partial charge on any atom is 0.335 e. The standard InChI is InChI=1S/C24H17FN4O3/c1-14-11-17(15(2)28(14)19-7-3-16(13-26)4-8-19)12-21-22(30)27-24(32)29(23(21)31)20-9-5-18(25)6-10-20/h3-12H,1-2H3,(H,27,30,32)/b21-12+. The Morgan fingerprint density at radius 2 is 1.59 bits per heavy atom. The number of hydrogen-bond donors (Lipinski definition) is 1. The molecule has 7 nitrogen and oxygen atoms in total. The Balaban J connectivity index is 1.74. The highest BCUT2D eigenvalue weighted by Crippen LogP contribution is 2.26. The second-order valence-electron chi connectivity index (χ2n) is 7.25. The van der Waals surface area contributed by atoms with Crippen molar-refractivity contribution < 1.29 is 18.8 Å². The number of imide groups is 2. The molecule has 1 aliphatic heterocycles. The fraction of sp³-hybridized carbons (Fsp3) is 0.0833. The van der Waals surface area contributed by atoms with Gasteiger partial charge in [0.25, 0.3) is 11.8 Å². The number of hydrogen-bond acceptors (Lipinski definition) is 4. The van der Waals surface area contributed by atoms with Gasteiger partial charge in [-0.3, -0.25) is 14.9 Å². The lowest BCUT2D eigenvalue weighted by Crippen LogP contribution is -2.54. The summed E-state index contributed by atoms with van der Waals surface area (Å²) in [4.78, 5) is 38.6. The third-order valence-electron chi connectivity index (χ3n) is 5.21. The van der Waals surface area contributed by atoms with E-state index in [4.69, 9.17) is 5.26 Å². The van der Waals surface area contributed by atoms with Crippen LogP contribution in [-0.4, -0.2) is 22.4 Å². The number of aromatic nitrogens is 1. The summed E-state index contributed by atoms with van der Waals surface area (Å²) in [5.74, 6) is -2.12. The maximum absolute atomic E-state index is 13.3. The molecular weight excluding hydrogens is 411 g/mol. The number of urea groups is 1. The first-order valence-corrected chi connectivity index (χ1v) is 9.66. The number of amides is 4. The van der Waals surface area contributed by atoms with Crippen molar-refractivity contribution >= 4 is 29.6 Å². The van der Waals surface area contributed by atoms with Crippen LogP contribution < -0.4 is 10.2 Å². The maximum atomic E-state index is 13.3. The van der Waals surface area contributed by atoms with Crippen LogP contribution in [0.1, 0.15) is 22.5 Å². The Morgan fingerprint density at radius 3 is 2.22 bits per heavy atom. The van der Waals surface area contributed by atoms with Crippen LogP contribution in [0.3, 0.4) is 0 Å². The van der Waals surface area contributed by atoms with Crippen molar-refractivity contribution in [2.45, 2.75) is 13.8 Å². The summed E-state index contributed by atoms with van der Waals surface area (Å²) in [5.41, 5.74) is 3.54. The Bertz CT molecular complexity index is 1330. The molecule has 2 aromatic carbocycles. The zero-order valence-corrected chi connectivity index (χ0v) is 17.2. The molecular formula is C24H17FN4O3. The molecule has 1 saturated heterocycles. The van der Waals surface area contributed by atoms with Crippen molar-refractivity contribution in [3.05, 3.63) is 88.5 Å². The summed E-state index contributed by atoms with van der Waals surface area (Å²) < 4.78 is 15.2. The van der Waals surface area contributed by atoms with Crippen LogP contribution in [0.25, 0.3) is 11.8 Å². The third kappa shape index (κ3) is 3.56. The number of halogens is 1. The zero-order valence-electron chi connectivity index (χ0n) is 17.2. The largest absolute Gasteiger partial charge is 0.335 e. The van der Waals surface area contributed by atoms with Crippen LogP contribution in [0.5, 0.6) is 0 Å². The average Bonchev–Trinajstić information content (AvgIpc) is 3.05. The van der Waals surface area contributed by atoms with Gasteiger partial charge in [0, 0.05) is 17.1 Å². The highest BCUT2D eigenvalue weighted by molar-refractivity contribution is 6.39. The van der Waals surface area contributed by atoms with Gasteiger partial charge in [-0.15, -0.1) is 0 Å². The fourth-order valence-electron chi connectivity index (χ4n) is 3.65. The van der Waals surface area contributed by atoms with Gasteiger partial charge in [-0.2, -0.15) is 5.26 Å². The molecule has 0 radical (unpaired) electrons. The second-order valence-corrected chi connectivity index (χ2v) is 7.25. The quantitative estimate of drug-likeness (QED) is 0.507. The van der Waals surface area contributed by atoms with Crippen LogP contribution in [0.15, 0.2) is 60.2 Å². The molecule has 4 rings (SSSR count). The zero-order chi connectivity index (χ0) is 23.0. The minimum absolute atomic E-state index is 0.148. The molecule has 3 aromatic rings. The van der Waals surface area contributed by atoms with Crippen molar-refractivity contribution in [3.8, 4) is 11.8 Å². The minimum Gasteiger partial charge on any atom is -0.318 e. The van der Waals surface area contributed by atoms with Gasteiger partial charge in [-0.25, -0.2) is 14.1 Å². The summed E-state index contributed by atoms with van der Waals surface area (Å²) in [6.07, 6.45) is 1.43. The lowest BCUT2D eigenvalue weighted by atomic mass is 10.1.